The van der Waals surface area contributed by atoms with Crippen molar-refractivity contribution in [1.82, 2.24) is 4.98 Å². The van der Waals surface area contributed by atoms with Gasteiger partial charge in [-0.25, -0.2) is 0 Å². The number of ether oxygens (including phenoxy) is 1. The molecule has 2 N–H and O–H groups in total. The normalized spacial score (nSPS) is 10.9. The molecule has 0 saturated heterocycles. The van der Waals surface area contributed by atoms with Crippen LogP contribution in [0.4, 0.5) is 0 Å². The molecule has 1 heterocycles. The molecular weight excluding hydrogens is 474 g/mol. The number of ketones is 1. The Morgan fingerprint density at radius 1 is 0.926 bits per heavy atom. The maximum Gasteiger partial charge on any atom is 0.209 e. The first-order valence-electron chi connectivity index (χ1n) is 8.10. The Bertz CT molecular complexity index is 1140. The van der Waals surface area contributed by atoms with Crippen molar-refractivity contribution in [3.8, 4) is 17.2 Å². The van der Waals surface area contributed by atoms with Crippen LogP contribution in [-0.4, -0.2) is 15.9 Å². The third-order valence-electron chi connectivity index (χ3n) is 4.13. The van der Waals surface area contributed by atoms with Gasteiger partial charge in [0.25, 0.3) is 0 Å². The van der Waals surface area contributed by atoms with Gasteiger partial charge in [0.2, 0.25) is 5.78 Å². The molecule has 134 valence electrons. The summed E-state index contributed by atoms with van der Waals surface area (Å²) in [5.41, 5.74) is 1.74. The summed E-state index contributed by atoms with van der Waals surface area (Å²) in [6.07, 6.45) is 0. The molecule has 0 aliphatic heterocycles. The molecule has 0 bridgehead atoms. The standard InChI is InChI=1S/C21H13Br2NO3/c22-16-11-17-15(19(23)21(16)26)10-18(24-17)20(25)12-6-8-14(9-7-12)27-13-4-2-1-3-5-13/h1-11,24,26H. The lowest BCUT2D eigenvalue weighted by Gasteiger charge is -2.06. The number of phenols is 1. The van der Waals surface area contributed by atoms with E-state index >= 15 is 0 Å². The number of carbonyl (C=O) groups is 1. The molecule has 0 saturated carbocycles. The van der Waals surface area contributed by atoms with Crippen LogP contribution in [0.25, 0.3) is 10.9 Å². The van der Waals surface area contributed by atoms with Crippen molar-refractivity contribution in [3.05, 3.63) is 86.9 Å². The lowest BCUT2D eigenvalue weighted by Crippen LogP contribution is -2.01. The zero-order chi connectivity index (χ0) is 19.0. The van der Waals surface area contributed by atoms with Crippen LogP contribution in [0, 0.1) is 0 Å². The third-order valence-corrected chi connectivity index (χ3v) is 5.54. The molecule has 0 fully saturated rings. The minimum absolute atomic E-state index is 0.0999. The van der Waals surface area contributed by atoms with Crippen molar-refractivity contribution >= 4 is 48.5 Å². The Morgan fingerprint density at radius 2 is 1.59 bits per heavy atom. The average molecular weight is 487 g/mol. The second kappa shape index (κ2) is 7.21. The molecule has 6 heteroatoms. The molecule has 4 nitrogen and oxygen atoms in total. The molecule has 0 unspecified atom stereocenters. The number of aromatic nitrogens is 1. The summed E-state index contributed by atoms with van der Waals surface area (Å²) in [6.45, 7) is 0. The number of nitrogens with one attached hydrogen (secondary N) is 1. The maximum absolute atomic E-state index is 12.8. The molecule has 0 atom stereocenters. The van der Waals surface area contributed by atoms with Crippen LogP contribution in [-0.2, 0) is 0 Å². The fourth-order valence-electron chi connectivity index (χ4n) is 2.77. The Labute approximate surface area is 172 Å². The quantitative estimate of drug-likeness (QED) is 0.327. The second-order valence-electron chi connectivity index (χ2n) is 5.93. The lowest BCUT2D eigenvalue weighted by atomic mass is 10.1. The summed E-state index contributed by atoms with van der Waals surface area (Å²) >= 11 is 6.66. The molecule has 1 aromatic heterocycles. The highest BCUT2D eigenvalue weighted by molar-refractivity contribution is 9.11. The molecule has 0 aliphatic rings. The van der Waals surface area contributed by atoms with Crippen LogP contribution in [0.15, 0.2) is 75.7 Å². The Morgan fingerprint density at radius 3 is 2.30 bits per heavy atom. The van der Waals surface area contributed by atoms with E-state index in [1.54, 1.807) is 36.4 Å². The van der Waals surface area contributed by atoms with E-state index in [1.807, 2.05) is 30.3 Å². The smallest absolute Gasteiger partial charge is 0.209 e. The number of phenolic OH excluding ortho intramolecular Hbond substituents is 1. The predicted molar refractivity (Wildman–Crippen MR) is 112 cm³/mol. The van der Waals surface area contributed by atoms with Crippen molar-refractivity contribution < 1.29 is 14.6 Å². The van der Waals surface area contributed by atoms with E-state index in [0.29, 0.717) is 26.0 Å². The Kier molecular flexibility index (Phi) is 4.76. The first kappa shape index (κ1) is 17.8. The van der Waals surface area contributed by atoms with E-state index in [9.17, 15) is 9.90 Å². The van der Waals surface area contributed by atoms with Gasteiger partial charge >= 0.3 is 0 Å². The van der Waals surface area contributed by atoms with Gasteiger partial charge in [0.1, 0.15) is 17.2 Å². The molecule has 4 aromatic rings. The summed E-state index contributed by atoms with van der Waals surface area (Å²) < 4.78 is 6.83. The number of rotatable bonds is 4. The maximum atomic E-state index is 12.8. The number of hydrogen-bond acceptors (Lipinski definition) is 3. The molecule has 27 heavy (non-hydrogen) atoms. The number of carbonyl (C=O) groups excluding carboxylic acids is 1. The number of hydrogen-bond donors (Lipinski definition) is 2. The fraction of sp³-hybridized carbons (Fsp3) is 0. The molecular formula is C21H13Br2NO3. The number of aromatic hydroxyl groups is 1. The molecule has 0 amide bonds. The number of aromatic amines is 1. The monoisotopic (exact) mass is 485 g/mol. The Balaban J connectivity index is 1.61. The van der Waals surface area contributed by atoms with Gasteiger partial charge in [-0.05, 0) is 80.4 Å². The number of halogens is 2. The van der Waals surface area contributed by atoms with E-state index in [4.69, 9.17) is 4.74 Å². The largest absolute Gasteiger partial charge is 0.506 e. The summed E-state index contributed by atoms with van der Waals surface area (Å²) in [5.74, 6) is 1.36. The minimum Gasteiger partial charge on any atom is -0.506 e. The highest BCUT2D eigenvalue weighted by atomic mass is 79.9. The second-order valence-corrected chi connectivity index (χ2v) is 7.58. The number of fused-ring (bicyclic) bond motifs is 1. The van der Waals surface area contributed by atoms with Crippen LogP contribution in [0.3, 0.4) is 0 Å². The van der Waals surface area contributed by atoms with Gasteiger partial charge in [-0.15, -0.1) is 0 Å². The van der Waals surface area contributed by atoms with Gasteiger partial charge in [-0.2, -0.15) is 0 Å². The molecule has 3 aromatic carbocycles. The first-order valence-corrected chi connectivity index (χ1v) is 9.69. The van der Waals surface area contributed by atoms with Gasteiger partial charge in [0.15, 0.2) is 0 Å². The van der Waals surface area contributed by atoms with Gasteiger partial charge in [-0.3, -0.25) is 4.79 Å². The molecule has 0 aliphatic carbocycles. The van der Waals surface area contributed by atoms with Crippen molar-refractivity contribution in [2.75, 3.05) is 0 Å². The third kappa shape index (κ3) is 3.50. The lowest BCUT2D eigenvalue weighted by molar-refractivity contribution is 0.103. The number of H-pyrrole nitrogens is 1. The highest BCUT2D eigenvalue weighted by Gasteiger charge is 2.16. The SMILES string of the molecule is O=C(c1ccc(Oc2ccccc2)cc1)c1cc2c(Br)c(O)c(Br)cc2[nH]1. The summed E-state index contributed by atoms with van der Waals surface area (Å²) in [4.78, 5) is 15.9. The topological polar surface area (TPSA) is 62.3 Å². The van der Waals surface area contributed by atoms with E-state index in [-0.39, 0.29) is 11.5 Å². The van der Waals surface area contributed by atoms with Crippen molar-refractivity contribution in [2.24, 2.45) is 0 Å². The van der Waals surface area contributed by atoms with Crippen LogP contribution in [0.2, 0.25) is 0 Å². The van der Waals surface area contributed by atoms with Gasteiger partial charge in [-0.1, -0.05) is 18.2 Å². The van der Waals surface area contributed by atoms with Crippen LogP contribution < -0.4 is 4.74 Å². The van der Waals surface area contributed by atoms with Crippen LogP contribution in [0.1, 0.15) is 16.1 Å². The van der Waals surface area contributed by atoms with E-state index in [1.165, 1.54) is 0 Å². The molecule has 0 spiro atoms. The summed E-state index contributed by atoms with van der Waals surface area (Å²) in [5, 5.41) is 10.8. The average Bonchev–Trinajstić information content (AvgIpc) is 3.11. The fourth-order valence-corrected chi connectivity index (χ4v) is 4.01. The summed E-state index contributed by atoms with van der Waals surface area (Å²) in [7, 11) is 0. The predicted octanol–water partition coefficient (Wildman–Crippen LogP) is 6.42. The van der Waals surface area contributed by atoms with E-state index in [0.717, 1.165) is 16.7 Å². The van der Waals surface area contributed by atoms with E-state index < -0.39 is 0 Å². The molecule has 0 radical (unpaired) electrons. The Hall–Kier alpha value is -2.57. The number of para-hydroxylation sites is 1. The first-order chi connectivity index (χ1) is 13.0. The zero-order valence-corrected chi connectivity index (χ0v) is 17.0. The van der Waals surface area contributed by atoms with Crippen molar-refractivity contribution in [2.45, 2.75) is 0 Å². The minimum atomic E-state index is -0.139. The number of benzene rings is 3. The van der Waals surface area contributed by atoms with Crippen molar-refractivity contribution in [1.29, 1.82) is 0 Å². The highest BCUT2D eigenvalue weighted by Crippen LogP contribution is 2.39. The van der Waals surface area contributed by atoms with Gasteiger partial charge in [0, 0.05) is 16.5 Å². The van der Waals surface area contributed by atoms with Gasteiger partial charge < -0.3 is 14.8 Å². The van der Waals surface area contributed by atoms with E-state index in [2.05, 4.69) is 36.8 Å². The van der Waals surface area contributed by atoms with Crippen LogP contribution >= 0.6 is 31.9 Å². The summed E-state index contributed by atoms with van der Waals surface area (Å²) in [6, 6.07) is 19.9. The zero-order valence-electron chi connectivity index (χ0n) is 13.9. The van der Waals surface area contributed by atoms with Gasteiger partial charge in [0.05, 0.1) is 14.6 Å². The molecule has 4 rings (SSSR count). The van der Waals surface area contributed by atoms with Crippen LogP contribution in [0.5, 0.6) is 17.2 Å². The van der Waals surface area contributed by atoms with Crippen molar-refractivity contribution in [3.63, 3.8) is 0 Å².